The molecule has 2 N–H and O–H groups in total. The smallest absolute Gasteiger partial charge is 0.284 e. The second-order valence-electron chi connectivity index (χ2n) is 6.79. The topological polar surface area (TPSA) is 94.6 Å². The summed E-state index contributed by atoms with van der Waals surface area (Å²) in [5.74, 6) is -0.308. The Bertz CT molecular complexity index is 1170. The van der Waals surface area contributed by atoms with Crippen LogP contribution in [-0.2, 0) is 21.2 Å². The molecular formula is C21H21ClN4O3S. The summed E-state index contributed by atoms with van der Waals surface area (Å²) in [7, 11) is -0.638. The molecule has 1 amide bonds. The lowest BCUT2D eigenvalue weighted by Gasteiger charge is -2.12. The standard InChI is InChI=1S/C21H21ClN4O3S/c1-26(2)14-24-30(28,29)20-12-17(7-8-18(20)16-9-10-23-13-16)25-21(27)11-15-5-3-4-6-19(15)22/h3-10,12-14,23H,11H2,1-2H3,(H,25,27). The lowest BCUT2D eigenvalue weighted by atomic mass is 10.1. The van der Waals surface area contributed by atoms with Gasteiger partial charge in [-0.05, 0) is 29.8 Å². The molecule has 0 aliphatic heterocycles. The van der Waals surface area contributed by atoms with Gasteiger partial charge in [-0.25, -0.2) is 0 Å². The van der Waals surface area contributed by atoms with E-state index in [2.05, 4.69) is 14.7 Å². The van der Waals surface area contributed by atoms with Crippen LogP contribution >= 0.6 is 11.6 Å². The van der Waals surface area contributed by atoms with Crippen LogP contribution in [0.2, 0.25) is 5.02 Å². The Balaban J connectivity index is 1.93. The van der Waals surface area contributed by atoms with Crippen LogP contribution in [0.5, 0.6) is 0 Å². The van der Waals surface area contributed by atoms with E-state index >= 15 is 0 Å². The molecule has 0 aliphatic carbocycles. The van der Waals surface area contributed by atoms with Crippen LogP contribution in [-0.4, -0.2) is 44.6 Å². The number of carbonyl (C=O) groups is 1. The van der Waals surface area contributed by atoms with Crippen molar-refractivity contribution < 1.29 is 13.2 Å². The number of H-pyrrole nitrogens is 1. The summed E-state index contributed by atoms with van der Waals surface area (Å²) in [6.07, 6.45) is 4.69. The lowest BCUT2D eigenvalue weighted by molar-refractivity contribution is -0.115. The number of rotatable bonds is 7. The average Bonchev–Trinajstić information content (AvgIpc) is 3.23. The minimum atomic E-state index is -3.99. The van der Waals surface area contributed by atoms with E-state index < -0.39 is 10.0 Å². The van der Waals surface area contributed by atoms with E-state index in [1.807, 2.05) is 0 Å². The second-order valence-corrected chi connectivity index (χ2v) is 8.79. The first kappa shape index (κ1) is 21.6. The van der Waals surface area contributed by atoms with Crippen molar-refractivity contribution in [1.82, 2.24) is 9.88 Å². The van der Waals surface area contributed by atoms with Crippen LogP contribution < -0.4 is 5.32 Å². The maximum Gasteiger partial charge on any atom is 0.284 e. The number of hydrogen-bond donors (Lipinski definition) is 2. The van der Waals surface area contributed by atoms with Crippen LogP contribution in [0.1, 0.15) is 5.56 Å². The van der Waals surface area contributed by atoms with Crippen molar-refractivity contribution in [3.05, 3.63) is 71.5 Å². The molecule has 0 atom stereocenters. The molecule has 0 bridgehead atoms. The van der Waals surface area contributed by atoms with Crippen LogP contribution in [0.15, 0.2) is 70.2 Å². The number of nitrogens with zero attached hydrogens (tertiary/aromatic N) is 2. The number of halogens is 1. The first-order chi connectivity index (χ1) is 14.3. The predicted octanol–water partition coefficient (Wildman–Crippen LogP) is 3.79. The zero-order valence-electron chi connectivity index (χ0n) is 16.5. The van der Waals surface area contributed by atoms with Gasteiger partial charge in [0.05, 0.1) is 11.3 Å². The fourth-order valence-electron chi connectivity index (χ4n) is 2.78. The molecule has 1 aromatic heterocycles. The van der Waals surface area contributed by atoms with E-state index in [1.54, 1.807) is 69.0 Å². The second kappa shape index (κ2) is 9.15. The van der Waals surface area contributed by atoms with Gasteiger partial charge in [-0.15, -0.1) is 4.40 Å². The molecule has 3 aromatic rings. The third kappa shape index (κ3) is 5.28. The highest BCUT2D eigenvalue weighted by molar-refractivity contribution is 7.90. The fourth-order valence-corrected chi connectivity index (χ4v) is 4.14. The first-order valence-corrected chi connectivity index (χ1v) is 10.9. The van der Waals surface area contributed by atoms with Crippen LogP contribution in [0.3, 0.4) is 0 Å². The monoisotopic (exact) mass is 444 g/mol. The maximum atomic E-state index is 12.9. The molecular weight excluding hydrogens is 424 g/mol. The molecule has 7 nitrogen and oxygen atoms in total. The minimum absolute atomic E-state index is 0.00394. The van der Waals surface area contributed by atoms with E-state index in [0.717, 1.165) is 0 Å². The van der Waals surface area contributed by atoms with E-state index in [4.69, 9.17) is 11.6 Å². The van der Waals surface area contributed by atoms with Crippen molar-refractivity contribution in [2.24, 2.45) is 4.40 Å². The van der Waals surface area contributed by atoms with E-state index in [9.17, 15) is 13.2 Å². The highest BCUT2D eigenvalue weighted by Crippen LogP contribution is 2.31. The Hall–Kier alpha value is -3.10. The summed E-state index contributed by atoms with van der Waals surface area (Å²) >= 11 is 6.11. The van der Waals surface area contributed by atoms with Crippen molar-refractivity contribution in [2.75, 3.05) is 19.4 Å². The van der Waals surface area contributed by atoms with Gasteiger partial charge in [0.15, 0.2) is 0 Å². The zero-order valence-corrected chi connectivity index (χ0v) is 18.0. The number of nitrogens with one attached hydrogen (secondary N) is 2. The van der Waals surface area contributed by atoms with E-state index in [0.29, 0.717) is 27.4 Å². The van der Waals surface area contributed by atoms with Gasteiger partial charge in [-0.3, -0.25) is 4.79 Å². The van der Waals surface area contributed by atoms with Gasteiger partial charge < -0.3 is 15.2 Å². The van der Waals surface area contributed by atoms with E-state index in [1.165, 1.54) is 17.3 Å². The quantitative estimate of drug-likeness (QED) is 0.428. The van der Waals surface area contributed by atoms with Crippen molar-refractivity contribution in [2.45, 2.75) is 11.3 Å². The Morgan fingerprint density at radius 1 is 1.20 bits per heavy atom. The molecule has 3 rings (SSSR count). The molecule has 0 unspecified atom stereocenters. The Morgan fingerprint density at radius 3 is 2.63 bits per heavy atom. The largest absolute Gasteiger partial charge is 0.368 e. The number of hydrogen-bond acceptors (Lipinski definition) is 3. The zero-order chi connectivity index (χ0) is 21.7. The molecule has 0 radical (unpaired) electrons. The summed E-state index contributed by atoms with van der Waals surface area (Å²) in [4.78, 5) is 16.9. The van der Waals surface area contributed by atoms with E-state index in [-0.39, 0.29) is 17.2 Å². The first-order valence-electron chi connectivity index (χ1n) is 9.03. The fraction of sp³-hybridized carbons (Fsp3) is 0.143. The molecule has 1 heterocycles. The number of carbonyl (C=O) groups excluding carboxylic acids is 1. The minimum Gasteiger partial charge on any atom is -0.368 e. The molecule has 9 heteroatoms. The predicted molar refractivity (Wildman–Crippen MR) is 119 cm³/mol. The van der Waals surface area contributed by atoms with Gasteiger partial charge in [0.25, 0.3) is 10.0 Å². The summed E-state index contributed by atoms with van der Waals surface area (Å²) in [5, 5.41) is 3.23. The highest BCUT2D eigenvalue weighted by Gasteiger charge is 2.20. The van der Waals surface area contributed by atoms with Crippen LogP contribution in [0.25, 0.3) is 11.1 Å². The third-order valence-electron chi connectivity index (χ3n) is 4.18. The molecule has 156 valence electrons. The van der Waals surface area contributed by atoms with Gasteiger partial charge in [0.1, 0.15) is 6.34 Å². The van der Waals surface area contributed by atoms with Crippen molar-refractivity contribution in [3.8, 4) is 11.1 Å². The number of benzene rings is 2. The number of aromatic amines is 1. The molecule has 2 aromatic carbocycles. The normalized spacial score (nSPS) is 11.6. The summed E-state index contributed by atoms with van der Waals surface area (Å²) in [6.45, 7) is 0. The van der Waals surface area contributed by atoms with Gasteiger partial charge in [0.2, 0.25) is 5.91 Å². The molecule has 0 saturated heterocycles. The third-order valence-corrected chi connectivity index (χ3v) is 5.81. The molecule has 0 saturated carbocycles. The number of anilines is 1. The Morgan fingerprint density at radius 2 is 1.97 bits per heavy atom. The number of amides is 1. The van der Waals surface area contributed by atoms with Gasteiger partial charge in [-0.1, -0.05) is 35.9 Å². The summed E-state index contributed by atoms with van der Waals surface area (Å²) < 4.78 is 29.5. The number of sulfonamides is 1. The van der Waals surface area contributed by atoms with Gasteiger partial charge >= 0.3 is 0 Å². The SMILES string of the molecule is CN(C)C=NS(=O)(=O)c1cc(NC(=O)Cc2ccccc2Cl)ccc1-c1cc[nH]c1. The summed E-state index contributed by atoms with van der Waals surface area (Å²) in [6, 6.07) is 13.5. The van der Waals surface area contributed by atoms with Crippen LogP contribution in [0.4, 0.5) is 5.69 Å². The number of aromatic nitrogens is 1. The van der Waals surface area contributed by atoms with Gasteiger partial charge in [0, 0.05) is 48.3 Å². The molecule has 30 heavy (non-hydrogen) atoms. The highest BCUT2D eigenvalue weighted by atomic mass is 35.5. The van der Waals surface area contributed by atoms with Crippen LogP contribution in [0, 0.1) is 0 Å². The lowest BCUT2D eigenvalue weighted by Crippen LogP contribution is -2.15. The van der Waals surface area contributed by atoms with Crippen molar-refractivity contribution in [1.29, 1.82) is 0 Å². The maximum absolute atomic E-state index is 12.9. The van der Waals surface area contributed by atoms with Crippen molar-refractivity contribution >= 4 is 39.6 Å². The van der Waals surface area contributed by atoms with Gasteiger partial charge in [-0.2, -0.15) is 8.42 Å². The Kier molecular flexibility index (Phi) is 6.59. The molecule has 0 fully saturated rings. The van der Waals surface area contributed by atoms with Crippen molar-refractivity contribution in [3.63, 3.8) is 0 Å². The molecule has 0 spiro atoms. The molecule has 0 aliphatic rings. The average molecular weight is 445 g/mol. The summed E-state index contributed by atoms with van der Waals surface area (Å²) in [5.41, 5.74) is 2.22. The Labute approximate surface area is 180 Å².